The van der Waals surface area contributed by atoms with E-state index in [2.05, 4.69) is 5.32 Å². The molecule has 3 heteroatoms. The van der Waals surface area contributed by atoms with Gasteiger partial charge >= 0.3 is 0 Å². The second kappa shape index (κ2) is 4.95. The molecular weight excluding hydrogens is 202 g/mol. The highest BCUT2D eigenvalue weighted by atomic mass is 16.3. The second-order valence-corrected chi connectivity index (χ2v) is 4.58. The van der Waals surface area contributed by atoms with Gasteiger partial charge in [-0.25, -0.2) is 0 Å². The molecule has 0 atom stereocenters. The molecule has 3 N–H and O–H groups in total. The van der Waals surface area contributed by atoms with Crippen LogP contribution in [-0.4, -0.2) is 28.9 Å². The van der Waals surface area contributed by atoms with Crippen molar-refractivity contribution in [2.24, 2.45) is 0 Å². The third-order valence-corrected chi connectivity index (χ3v) is 3.34. The lowest BCUT2D eigenvalue weighted by molar-refractivity contribution is 0.0105. The van der Waals surface area contributed by atoms with Gasteiger partial charge in [0.25, 0.3) is 0 Å². The van der Waals surface area contributed by atoms with Crippen LogP contribution >= 0.6 is 0 Å². The van der Waals surface area contributed by atoms with Gasteiger partial charge in [-0.05, 0) is 37.1 Å². The second-order valence-electron chi connectivity index (χ2n) is 4.58. The zero-order valence-electron chi connectivity index (χ0n) is 9.45. The van der Waals surface area contributed by atoms with E-state index in [-0.39, 0.29) is 6.61 Å². The zero-order valence-corrected chi connectivity index (χ0v) is 9.45. The fourth-order valence-corrected chi connectivity index (χ4v) is 2.31. The first-order valence-electron chi connectivity index (χ1n) is 5.84. The molecular formula is C13H19NO2. The van der Waals surface area contributed by atoms with Crippen molar-refractivity contribution in [3.05, 3.63) is 35.4 Å². The lowest BCUT2D eigenvalue weighted by Gasteiger charge is -2.33. The van der Waals surface area contributed by atoms with Crippen LogP contribution in [0.15, 0.2) is 24.3 Å². The number of hydrogen-bond donors (Lipinski definition) is 3. The van der Waals surface area contributed by atoms with E-state index in [0.717, 1.165) is 37.1 Å². The van der Waals surface area contributed by atoms with E-state index in [1.807, 2.05) is 24.3 Å². The van der Waals surface area contributed by atoms with Crippen LogP contribution < -0.4 is 5.32 Å². The lowest BCUT2D eigenvalue weighted by Crippen LogP contribution is -2.43. The summed E-state index contributed by atoms with van der Waals surface area (Å²) >= 11 is 0. The number of aliphatic hydroxyl groups excluding tert-OH is 1. The van der Waals surface area contributed by atoms with Crippen molar-refractivity contribution in [2.45, 2.75) is 31.5 Å². The van der Waals surface area contributed by atoms with Gasteiger partial charge in [-0.3, -0.25) is 0 Å². The number of piperidine rings is 1. The minimum Gasteiger partial charge on any atom is -0.392 e. The van der Waals surface area contributed by atoms with Crippen molar-refractivity contribution in [3.63, 3.8) is 0 Å². The molecule has 0 spiro atoms. The number of nitrogens with one attached hydrogen (secondary N) is 1. The van der Waals surface area contributed by atoms with Crippen molar-refractivity contribution < 1.29 is 10.2 Å². The van der Waals surface area contributed by atoms with Crippen molar-refractivity contribution in [1.29, 1.82) is 0 Å². The summed E-state index contributed by atoms with van der Waals surface area (Å²) in [6.45, 7) is 1.79. The van der Waals surface area contributed by atoms with Crippen LogP contribution in [0.1, 0.15) is 24.0 Å². The van der Waals surface area contributed by atoms with Crippen molar-refractivity contribution in [3.8, 4) is 0 Å². The van der Waals surface area contributed by atoms with Gasteiger partial charge in [0, 0.05) is 6.42 Å². The molecule has 1 aromatic carbocycles. The molecule has 88 valence electrons. The quantitative estimate of drug-likeness (QED) is 0.709. The molecule has 2 rings (SSSR count). The molecule has 0 unspecified atom stereocenters. The summed E-state index contributed by atoms with van der Waals surface area (Å²) in [5.41, 5.74) is 1.39. The Balaban J connectivity index is 2.12. The fraction of sp³-hybridized carbons (Fsp3) is 0.538. The van der Waals surface area contributed by atoms with Gasteiger partial charge in [-0.1, -0.05) is 24.3 Å². The number of rotatable bonds is 3. The zero-order chi connectivity index (χ0) is 11.4. The minimum absolute atomic E-state index is 0.0461. The van der Waals surface area contributed by atoms with Crippen LogP contribution in [0.4, 0.5) is 0 Å². The summed E-state index contributed by atoms with van der Waals surface area (Å²) in [7, 11) is 0. The topological polar surface area (TPSA) is 52.5 Å². The van der Waals surface area contributed by atoms with E-state index in [4.69, 9.17) is 0 Å². The van der Waals surface area contributed by atoms with Crippen molar-refractivity contribution in [2.75, 3.05) is 13.1 Å². The summed E-state index contributed by atoms with van der Waals surface area (Å²) < 4.78 is 0. The van der Waals surface area contributed by atoms with Gasteiger partial charge < -0.3 is 15.5 Å². The minimum atomic E-state index is -0.601. The van der Waals surface area contributed by atoms with Crippen LogP contribution in [0.3, 0.4) is 0 Å². The van der Waals surface area contributed by atoms with E-state index in [1.54, 1.807) is 0 Å². The Morgan fingerprint density at radius 1 is 1.12 bits per heavy atom. The van der Waals surface area contributed by atoms with Gasteiger partial charge in [-0.2, -0.15) is 0 Å². The first kappa shape index (κ1) is 11.6. The molecule has 3 nitrogen and oxygen atoms in total. The van der Waals surface area contributed by atoms with Crippen LogP contribution in [0.5, 0.6) is 0 Å². The summed E-state index contributed by atoms with van der Waals surface area (Å²) in [5, 5.41) is 22.9. The SMILES string of the molecule is OCc1ccccc1CC1(O)CCNCC1. The van der Waals surface area contributed by atoms with Gasteiger partial charge in [0.15, 0.2) is 0 Å². The Bertz CT molecular complexity index is 346. The van der Waals surface area contributed by atoms with Crippen LogP contribution in [0.2, 0.25) is 0 Å². The van der Waals surface area contributed by atoms with E-state index in [9.17, 15) is 10.2 Å². The van der Waals surface area contributed by atoms with Gasteiger partial charge in [0.2, 0.25) is 0 Å². The first-order chi connectivity index (χ1) is 7.73. The first-order valence-corrected chi connectivity index (χ1v) is 5.84. The normalized spacial score (nSPS) is 19.6. The largest absolute Gasteiger partial charge is 0.392 e. The molecule has 16 heavy (non-hydrogen) atoms. The third kappa shape index (κ3) is 2.61. The lowest BCUT2D eigenvalue weighted by atomic mass is 9.85. The monoisotopic (exact) mass is 221 g/mol. The molecule has 1 fully saturated rings. The smallest absolute Gasteiger partial charge is 0.0712 e. The molecule has 1 saturated heterocycles. The molecule has 0 amide bonds. The summed E-state index contributed by atoms with van der Waals surface area (Å²) in [6, 6.07) is 7.78. The number of aliphatic hydroxyl groups is 2. The molecule has 0 bridgehead atoms. The maximum absolute atomic E-state index is 10.4. The average Bonchev–Trinajstić information content (AvgIpc) is 2.30. The predicted octanol–water partition coefficient (Wildman–Crippen LogP) is 0.836. The number of hydrogen-bond acceptors (Lipinski definition) is 3. The molecule has 1 aliphatic rings. The summed E-state index contributed by atoms with van der Waals surface area (Å²) in [5.74, 6) is 0. The highest BCUT2D eigenvalue weighted by molar-refractivity contribution is 5.28. The van der Waals surface area contributed by atoms with E-state index < -0.39 is 5.60 Å². The Hall–Kier alpha value is -0.900. The molecule has 0 aliphatic carbocycles. The number of benzene rings is 1. The Labute approximate surface area is 96.1 Å². The van der Waals surface area contributed by atoms with E-state index in [1.165, 1.54) is 0 Å². The van der Waals surface area contributed by atoms with Crippen LogP contribution in [0, 0.1) is 0 Å². The molecule has 1 heterocycles. The summed E-state index contributed by atoms with van der Waals surface area (Å²) in [6.07, 6.45) is 2.21. The van der Waals surface area contributed by atoms with Gasteiger partial charge in [0.05, 0.1) is 12.2 Å². The molecule has 0 aromatic heterocycles. The molecule has 0 saturated carbocycles. The fourth-order valence-electron chi connectivity index (χ4n) is 2.31. The standard InChI is InChI=1S/C13H19NO2/c15-10-12-4-2-1-3-11(12)9-13(16)5-7-14-8-6-13/h1-4,14-16H,5-10H2. The van der Waals surface area contributed by atoms with Gasteiger partial charge in [-0.15, -0.1) is 0 Å². The Morgan fingerprint density at radius 2 is 1.75 bits per heavy atom. The highest BCUT2D eigenvalue weighted by Gasteiger charge is 2.29. The maximum Gasteiger partial charge on any atom is 0.0712 e. The Kier molecular flexibility index (Phi) is 3.59. The molecule has 1 aliphatic heterocycles. The van der Waals surface area contributed by atoms with Crippen LogP contribution in [-0.2, 0) is 13.0 Å². The Morgan fingerprint density at radius 3 is 2.38 bits per heavy atom. The van der Waals surface area contributed by atoms with Crippen LogP contribution in [0.25, 0.3) is 0 Å². The predicted molar refractivity (Wildman–Crippen MR) is 63.1 cm³/mol. The highest BCUT2D eigenvalue weighted by Crippen LogP contribution is 2.24. The summed E-state index contributed by atoms with van der Waals surface area (Å²) in [4.78, 5) is 0. The van der Waals surface area contributed by atoms with E-state index >= 15 is 0 Å². The third-order valence-electron chi connectivity index (χ3n) is 3.34. The molecule has 1 aromatic rings. The van der Waals surface area contributed by atoms with Crippen molar-refractivity contribution >= 4 is 0 Å². The van der Waals surface area contributed by atoms with Gasteiger partial charge in [0.1, 0.15) is 0 Å². The van der Waals surface area contributed by atoms with Crippen molar-refractivity contribution in [1.82, 2.24) is 5.32 Å². The maximum atomic E-state index is 10.4. The van der Waals surface area contributed by atoms with E-state index in [0.29, 0.717) is 6.42 Å². The molecule has 0 radical (unpaired) electrons. The average molecular weight is 221 g/mol.